The van der Waals surface area contributed by atoms with Gasteiger partial charge in [-0.25, -0.2) is 0 Å². The van der Waals surface area contributed by atoms with Crippen molar-refractivity contribution in [2.45, 2.75) is 64.2 Å². The van der Waals surface area contributed by atoms with Gasteiger partial charge in [0.25, 0.3) is 11.8 Å². The number of unbranched alkanes of at least 4 members (excludes halogenated alkanes) is 9. The number of halogens is 2. The van der Waals surface area contributed by atoms with Gasteiger partial charge in [-0.1, -0.05) is 83.2 Å². The van der Waals surface area contributed by atoms with Crippen LogP contribution in [0.25, 0.3) is 0 Å². The third-order valence-corrected chi connectivity index (χ3v) is 6.44. The molecule has 2 amide bonds. The molecule has 0 fully saturated rings. The van der Waals surface area contributed by atoms with Crippen molar-refractivity contribution in [2.24, 2.45) is 0 Å². The molecule has 0 atom stereocenters. The lowest BCUT2D eigenvalue weighted by Crippen LogP contribution is -2.24. The van der Waals surface area contributed by atoms with E-state index in [4.69, 9.17) is 0 Å². The molecule has 0 aliphatic carbocycles. The van der Waals surface area contributed by atoms with Crippen LogP contribution in [0.5, 0.6) is 0 Å². The number of rotatable bonds is 15. The van der Waals surface area contributed by atoms with Crippen molar-refractivity contribution in [2.75, 3.05) is 13.1 Å². The maximum Gasteiger partial charge on any atom is 0.251 e. The predicted octanol–water partition coefficient (Wildman–Crippen LogP) is 7.27. The van der Waals surface area contributed by atoms with Crippen LogP contribution in [0.1, 0.15) is 84.9 Å². The molecule has 0 radical (unpaired) electrons. The monoisotopic (exact) mass is 564 g/mol. The van der Waals surface area contributed by atoms with Gasteiger partial charge in [0, 0.05) is 33.2 Å². The van der Waals surface area contributed by atoms with Crippen molar-refractivity contribution in [1.29, 1.82) is 0 Å². The lowest BCUT2D eigenvalue weighted by Gasteiger charge is -2.06. The summed E-state index contributed by atoms with van der Waals surface area (Å²) < 4.78 is 1.96. The normalized spacial score (nSPS) is 10.7. The van der Waals surface area contributed by atoms with Gasteiger partial charge in [-0.2, -0.15) is 0 Å². The van der Waals surface area contributed by atoms with E-state index in [1.54, 1.807) is 0 Å². The van der Waals surface area contributed by atoms with E-state index in [-0.39, 0.29) is 11.8 Å². The summed E-state index contributed by atoms with van der Waals surface area (Å²) in [6.07, 6.45) is 12.0. The molecule has 2 aromatic rings. The molecule has 174 valence electrons. The fraction of sp³-hybridized carbons (Fsp3) is 0.462. The summed E-state index contributed by atoms with van der Waals surface area (Å²) in [6, 6.07) is 14.9. The van der Waals surface area contributed by atoms with Gasteiger partial charge in [-0.15, -0.1) is 0 Å². The maximum atomic E-state index is 12.0. The van der Waals surface area contributed by atoms with E-state index < -0.39 is 0 Å². The second-order valence-electron chi connectivity index (χ2n) is 8.06. The van der Waals surface area contributed by atoms with Gasteiger partial charge in [0.15, 0.2) is 0 Å². The third-order valence-electron chi connectivity index (χ3n) is 5.39. The molecule has 0 heterocycles. The van der Waals surface area contributed by atoms with Gasteiger partial charge in [-0.3, -0.25) is 9.59 Å². The minimum Gasteiger partial charge on any atom is -0.352 e. The van der Waals surface area contributed by atoms with Crippen LogP contribution in [0.4, 0.5) is 0 Å². The molecule has 0 unspecified atom stereocenters. The lowest BCUT2D eigenvalue weighted by atomic mass is 10.1. The van der Waals surface area contributed by atoms with E-state index in [0.29, 0.717) is 11.1 Å². The highest BCUT2D eigenvalue weighted by Gasteiger charge is 2.05. The highest BCUT2D eigenvalue weighted by atomic mass is 79.9. The van der Waals surface area contributed by atoms with Crippen LogP contribution >= 0.6 is 31.9 Å². The van der Waals surface area contributed by atoms with E-state index in [1.807, 2.05) is 48.5 Å². The number of hydrogen-bond acceptors (Lipinski definition) is 2. The van der Waals surface area contributed by atoms with Gasteiger partial charge in [0.05, 0.1) is 0 Å². The fourth-order valence-corrected chi connectivity index (χ4v) is 4.00. The van der Waals surface area contributed by atoms with Crippen LogP contribution in [-0.2, 0) is 0 Å². The van der Waals surface area contributed by atoms with E-state index in [1.165, 1.54) is 51.4 Å². The van der Waals surface area contributed by atoms with E-state index in [2.05, 4.69) is 42.5 Å². The summed E-state index contributed by atoms with van der Waals surface area (Å²) >= 11 is 6.76. The Morgan fingerprint density at radius 1 is 0.500 bits per heavy atom. The second kappa shape index (κ2) is 16.0. The number of nitrogens with one attached hydrogen (secondary N) is 2. The Bertz CT molecular complexity index is 738. The van der Waals surface area contributed by atoms with Gasteiger partial charge >= 0.3 is 0 Å². The number of amides is 2. The Morgan fingerprint density at radius 2 is 0.781 bits per heavy atom. The molecule has 6 heteroatoms. The van der Waals surface area contributed by atoms with E-state index >= 15 is 0 Å². The smallest absolute Gasteiger partial charge is 0.251 e. The van der Waals surface area contributed by atoms with Crippen LogP contribution in [0.2, 0.25) is 0 Å². The minimum atomic E-state index is 0.00498. The standard InChI is InChI=1S/C26H34Br2N2O2/c27-23-15-11-21(12-16-23)25(31)29-19-9-7-5-3-1-2-4-6-8-10-20-30-26(32)22-13-17-24(28)18-14-22/h11-18H,1-10,19-20H2,(H,29,31)(H,30,32). The molecule has 32 heavy (non-hydrogen) atoms. The van der Waals surface area contributed by atoms with Crippen molar-refractivity contribution in [1.82, 2.24) is 10.6 Å². The molecule has 4 nitrogen and oxygen atoms in total. The highest BCUT2D eigenvalue weighted by Crippen LogP contribution is 2.12. The van der Waals surface area contributed by atoms with Crippen LogP contribution in [-0.4, -0.2) is 24.9 Å². The number of benzene rings is 2. The first-order valence-electron chi connectivity index (χ1n) is 11.6. The van der Waals surface area contributed by atoms with Crippen molar-refractivity contribution in [3.05, 3.63) is 68.6 Å². The zero-order chi connectivity index (χ0) is 23.0. The Balaban J connectivity index is 1.34. The summed E-state index contributed by atoms with van der Waals surface area (Å²) in [5, 5.41) is 5.98. The SMILES string of the molecule is O=C(NCCCCCCCCCCCCNC(=O)c1ccc(Br)cc1)c1ccc(Br)cc1. The average Bonchev–Trinajstić information content (AvgIpc) is 2.80. The predicted molar refractivity (Wildman–Crippen MR) is 139 cm³/mol. The summed E-state index contributed by atoms with van der Waals surface area (Å²) in [6.45, 7) is 1.49. The van der Waals surface area contributed by atoms with Crippen molar-refractivity contribution in [3.63, 3.8) is 0 Å². The summed E-state index contributed by atoms with van der Waals surface area (Å²) in [7, 11) is 0. The van der Waals surface area contributed by atoms with Gasteiger partial charge in [-0.05, 0) is 61.4 Å². The first-order chi connectivity index (χ1) is 15.6. The van der Waals surface area contributed by atoms with E-state index in [0.717, 1.165) is 34.9 Å². The number of carbonyl (C=O) groups is 2. The first kappa shape index (κ1) is 26.6. The van der Waals surface area contributed by atoms with Gasteiger partial charge in [0.1, 0.15) is 0 Å². The van der Waals surface area contributed by atoms with Crippen molar-refractivity contribution in [3.8, 4) is 0 Å². The average molecular weight is 566 g/mol. The minimum absolute atomic E-state index is 0.00498. The number of hydrogen-bond donors (Lipinski definition) is 2. The molecular weight excluding hydrogens is 532 g/mol. The molecule has 0 bridgehead atoms. The quantitative estimate of drug-likeness (QED) is 0.223. The molecule has 2 rings (SSSR count). The zero-order valence-corrected chi connectivity index (χ0v) is 21.8. The molecule has 2 aromatic carbocycles. The Labute approximate surface area is 209 Å². The topological polar surface area (TPSA) is 58.2 Å². The molecule has 0 aliphatic heterocycles. The molecule has 0 spiro atoms. The fourth-order valence-electron chi connectivity index (χ4n) is 3.47. The zero-order valence-electron chi connectivity index (χ0n) is 18.7. The first-order valence-corrected chi connectivity index (χ1v) is 13.2. The van der Waals surface area contributed by atoms with E-state index in [9.17, 15) is 9.59 Å². The summed E-state index contributed by atoms with van der Waals surface area (Å²) in [4.78, 5) is 24.0. The Hall–Kier alpha value is -1.66. The van der Waals surface area contributed by atoms with Crippen molar-refractivity contribution < 1.29 is 9.59 Å². The summed E-state index contributed by atoms with van der Waals surface area (Å²) in [5.41, 5.74) is 1.42. The molecule has 0 aromatic heterocycles. The lowest BCUT2D eigenvalue weighted by molar-refractivity contribution is 0.0944. The molecule has 0 saturated carbocycles. The van der Waals surface area contributed by atoms with Crippen LogP contribution in [0, 0.1) is 0 Å². The van der Waals surface area contributed by atoms with Crippen molar-refractivity contribution >= 4 is 43.7 Å². The third kappa shape index (κ3) is 11.3. The van der Waals surface area contributed by atoms with Crippen LogP contribution in [0.15, 0.2) is 57.5 Å². The molecule has 0 aliphatic rings. The Morgan fingerprint density at radius 3 is 1.09 bits per heavy atom. The molecule has 0 saturated heterocycles. The van der Waals surface area contributed by atoms with Crippen LogP contribution in [0.3, 0.4) is 0 Å². The highest BCUT2D eigenvalue weighted by molar-refractivity contribution is 9.10. The van der Waals surface area contributed by atoms with Gasteiger partial charge < -0.3 is 10.6 Å². The van der Waals surface area contributed by atoms with Crippen LogP contribution < -0.4 is 10.6 Å². The Kier molecular flexibility index (Phi) is 13.3. The van der Waals surface area contributed by atoms with Gasteiger partial charge in [0.2, 0.25) is 0 Å². The molecule has 2 N–H and O–H groups in total. The summed E-state index contributed by atoms with van der Waals surface area (Å²) in [5.74, 6) is 0.00996. The second-order valence-corrected chi connectivity index (χ2v) is 9.89. The maximum absolute atomic E-state index is 12.0. The largest absolute Gasteiger partial charge is 0.352 e. The molecular formula is C26H34Br2N2O2. The number of carbonyl (C=O) groups excluding carboxylic acids is 2.